The van der Waals surface area contributed by atoms with Crippen molar-refractivity contribution in [3.63, 3.8) is 0 Å². The number of hydrogen-bond donors (Lipinski definition) is 2. The van der Waals surface area contributed by atoms with Gasteiger partial charge in [-0.3, -0.25) is 14.3 Å². The van der Waals surface area contributed by atoms with E-state index in [0.29, 0.717) is 18.4 Å². The Balaban J connectivity index is 1.76. The Bertz CT molecular complexity index is 703. The third-order valence-corrected chi connectivity index (χ3v) is 4.05. The van der Waals surface area contributed by atoms with Crippen LogP contribution in [0, 0.1) is 5.92 Å². The normalized spacial score (nSPS) is 20.2. The molecule has 1 aliphatic carbocycles. The van der Waals surface area contributed by atoms with Gasteiger partial charge in [0.05, 0.1) is 23.4 Å². The van der Waals surface area contributed by atoms with E-state index in [0.717, 1.165) is 11.3 Å². The Kier molecular flexibility index (Phi) is 3.66. The van der Waals surface area contributed by atoms with Crippen LogP contribution in [0.1, 0.15) is 23.2 Å². The highest BCUT2D eigenvalue weighted by Crippen LogP contribution is 2.28. The van der Waals surface area contributed by atoms with Crippen molar-refractivity contribution < 1.29 is 14.7 Å². The first kappa shape index (κ1) is 14.3. The number of carboxylic acid groups (broad SMARTS) is 1. The second-order valence-electron chi connectivity index (χ2n) is 5.57. The average Bonchev–Trinajstić information content (AvgIpc) is 2.84. The minimum atomic E-state index is -0.795. The number of benzene rings is 1. The molecule has 1 heterocycles. The zero-order valence-corrected chi connectivity index (χ0v) is 12.2. The molecule has 0 bridgehead atoms. The van der Waals surface area contributed by atoms with Gasteiger partial charge in [-0.2, -0.15) is 5.10 Å². The van der Waals surface area contributed by atoms with Crippen LogP contribution < -0.4 is 5.32 Å². The molecule has 1 aromatic heterocycles. The van der Waals surface area contributed by atoms with Crippen molar-refractivity contribution in [1.82, 2.24) is 15.1 Å². The van der Waals surface area contributed by atoms with Crippen LogP contribution in [0.2, 0.25) is 0 Å². The number of nitrogens with zero attached hydrogens (tertiary/aromatic N) is 2. The fourth-order valence-electron chi connectivity index (χ4n) is 2.74. The molecule has 1 aliphatic rings. The summed E-state index contributed by atoms with van der Waals surface area (Å²) in [6.07, 6.45) is 2.52. The van der Waals surface area contributed by atoms with E-state index in [1.807, 2.05) is 30.3 Å². The number of carboxylic acids is 1. The SMILES string of the molecule is Cn1ncc(C(=O)NC2CC(C(=O)O)C2)c1-c1ccccc1. The van der Waals surface area contributed by atoms with E-state index in [1.54, 1.807) is 17.9 Å². The third kappa shape index (κ3) is 2.59. The van der Waals surface area contributed by atoms with Crippen LogP contribution in [0.4, 0.5) is 0 Å². The highest BCUT2D eigenvalue weighted by atomic mass is 16.4. The molecule has 1 amide bonds. The molecule has 1 aromatic carbocycles. The maximum absolute atomic E-state index is 12.4. The zero-order valence-electron chi connectivity index (χ0n) is 12.2. The van der Waals surface area contributed by atoms with Crippen LogP contribution >= 0.6 is 0 Å². The van der Waals surface area contributed by atoms with Crippen LogP contribution in [-0.4, -0.2) is 32.8 Å². The summed E-state index contributed by atoms with van der Waals surface area (Å²) in [6.45, 7) is 0. The van der Waals surface area contributed by atoms with E-state index < -0.39 is 5.97 Å². The topological polar surface area (TPSA) is 84.2 Å². The highest BCUT2D eigenvalue weighted by Gasteiger charge is 2.35. The molecule has 2 aromatic rings. The standard InChI is InChI=1S/C16H17N3O3/c1-19-14(10-5-3-2-4-6-10)13(9-17-19)15(20)18-12-7-11(8-12)16(21)22/h2-6,9,11-12H,7-8H2,1H3,(H,18,20)(H,21,22). The number of aliphatic carboxylic acids is 1. The first-order chi connectivity index (χ1) is 10.6. The predicted molar refractivity (Wildman–Crippen MR) is 80.3 cm³/mol. The summed E-state index contributed by atoms with van der Waals surface area (Å²) in [5.74, 6) is -1.34. The van der Waals surface area contributed by atoms with Gasteiger partial charge >= 0.3 is 5.97 Å². The summed E-state index contributed by atoms with van der Waals surface area (Å²) < 4.78 is 1.67. The quantitative estimate of drug-likeness (QED) is 0.899. The van der Waals surface area contributed by atoms with E-state index in [1.165, 1.54) is 0 Å². The predicted octanol–water partition coefficient (Wildman–Crippen LogP) is 1.68. The van der Waals surface area contributed by atoms with E-state index >= 15 is 0 Å². The number of hydrogen-bond acceptors (Lipinski definition) is 3. The molecule has 3 rings (SSSR count). The molecule has 6 heteroatoms. The lowest BCUT2D eigenvalue weighted by Gasteiger charge is -2.32. The summed E-state index contributed by atoms with van der Waals surface area (Å²) in [7, 11) is 1.79. The Morgan fingerprint density at radius 1 is 1.27 bits per heavy atom. The van der Waals surface area contributed by atoms with Crippen molar-refractivity contribution in [3.05, 3.63) is 42.1 Å². The number of aromatic nitrogens is 2. The summed E-state index contributed by atoms with van der Waals surface area (Å²) in [5, 5.41) is 15.9. The first-order valence-corrected chi connectivity index (χ1v) is 7.17. The van der Waals surface area contributed by atoms with Gasteiger partial charge in [-0.1, -0.05) is 30.3 Å². The number of carbonyl (C=O) groups excluding carboxylic acids is 1. The third-order valence-electron chi connectivity index (χ3n) is 4.05. The van der Waals surface area contributed by atoms with Gasteiger partial charge in [-0.25, -0.2) is 0 Å². The molecule has 1 fully saturated rings. The van der Waals surface area contributed by atoms with E-state index in [2.05, 4.69) is 10.4 Å². The monoisotopic (exact) mass is 299 g/mol. The Hall–Kier alpha value is -2.63. The number of aryl methyl sites for hydroxylation is 1. The second kappa shape index (κ2) is 5.63. The van der Waals surface area contributed by atoms with Crippen LogP contribution in [0.3, 0.4) is 0 Å². The Labute approximate surface area is 127 Å². The van der Waals surface area contributed by atoms with Crippen molar-refractivity contribution >= 4 is 11.9 Å². The van der Waals surface area contributed by atoms with E-state index in [-0.39, 0.29) is 17.9 Å². The summed E-state index contributed by atoms with van der Waals surface area (Å²) >= 11 is 0. The lowest BCUT2D eigenvalue weighted by atomic mass is 9.80. The molecule has 0 saturated heterocycles. The highest BCUT2D eigenvalue weighted by molar-refractivity contribution is 6.00. The molecular formula is C16H17N3O3. The molecule has 114 valence electrons. The van der Waals surface area contributed by atoms with E-state index in [9.17, 15) is 9.59 Å². The molecule has 0 atom stereocenters. The van der Waals surface area contributed by atoms with Gasteiger partial charge in [0.2, 0.25) is 0 Å². The molecular weight excluding hydrogens is 282 g/mol. The maximum atomic E-state index is 12.4. The fraction of sp³-hybridized carbons (Fsp3) is 0.312. The van der Waals surface area contributed by atoms with E-state index in [4.69, 9.17) is 5.11 Å². The van der Waals surface area contributed by atoms with Crippen LogP contribution in [0.15, 0.2) is 36.5 Å². The van der Waals surface area contributed by atoms with Crippen molar-refractivity contribution in [1.29, 1.82) is 0 Å². The molecule has 0 unspecified atom stereocenters. The van der Waals surface area contributed by atoms with Crippen molar-refractivity contribution in [2.24, 2.45) is 13.0 Å². The maximum Gasteiger partial charge on any atom is 0.306 e. The summed E-state index contributed by atoms with van der Waals surface area (Å²) in [5.41, 5.74) is 2.18. The molecule has 0 spiro atoms. The summed E-state index contributed by atoms with van der Waals surface area (Å²) in [4.78, 5) is 23.2. The fourth-order valence-corrected chi connectivity index (χ4v) is 2.74. The molecule has 22 heavy (non-hydrogen) atoms. The minimum Gasteiger partial charge on any atom is -0.481 e. The van der Waals surface area contributed by atoms with Crippen LogP contribution in [-0.2, 0) is 11.8 Å². The molecule has 0 aliphatic heterocycles. The van der Waals surface area contributed by atoms with Gasteiger partial charge in [-0.05, 0) is 12.8 Å². The smallest absolute Gasteiger partial charge is 0.306 e. The van der Waals surface area contributed by atoms with Gasteiger partial charge in [0.25, 0.3) is 5.91 Å². The lowest BCUT2D eigenvalue weighted by molar-refractivity contribution is -0.145. The average molecular weight is 299 g/mol. The zero-order chi connectivity index (χ0) is 15.7. The van der Waals surface area contributed by atoms with Crippen molar-refractivity contribution in [2.75, 3.05) is 0 Å². The molecule has 1 saturated carbocycles. The van der Waals surface area contributed by atoms with Gasteiger partial charge < -0.3 is 10.4 Å². The van der Waals surface area contributed by atoms with Crippen LogP contribution in [0.25, 0.3) is 11.3 Å². The molecule has 0 radical (unpaired) electrons. The number of amides is 1. The minimum absolute atomic E-state index is 0.0718. The first-order valence-electron chi connectivity index (χ1n) is 7.17. The van der Waals surface area contributed by atoms with Crippen molar-refractivity contribution in [2.45, 2.75) is 18.9 Å². The van der Waals surface area contributed by atoms with Gasteiger partial charge in [0, 0.05) is 18.7 Å². The number of nitrogens with one attached hydrogen (secondary N) is 1. The van der Waals surface area contributed by atoms with Gasteiger partial charge in [-0.15, -0.1) is 0 Å². The van der Waals surface area contributed by atoms with Crippen molar-refractivity contribution in [3.8, 4) is 11.3 Å². The Morgan fingerprint density at radius 3 is 2.59 bits per heavy atom. The van der Waals surface area contributed by atoms with Gasteiger partial charge in [0.1, 0.15) is 0 Å². The second-order valence-corrected chi connectivity index (χ2v) is 5.57. The number of rotatable bonds is 4. The summed E-state index contributed by atoms with van der Waals surface area (Å²) in [6, 6.07) is 9.52. The molecule has 6 nitrogen and oxygen atoms in total. The number of carbonyl (C=O) groups is 2. The Morgan fingerprint density at radius 2 is 1.95 bits per heavy atom. The van der Waals surface area contributed by atoms with Crippen LogP contribution in [0.5, 0.6) is 0 Å². The molecule has 2 N–H and O–H groups in total. The largest absolute Gasteiger partial charge is 0.481 e. The lowest BCUT2D eigenvalue weighted by Crippen LogP contribution is -2.46. The van der Waals surface area contributed by atoms with Gasteiger partial charge in [0.15, 0.2) is 0 Å².